The van der Waals surface area contributed by atoms with E-state index in [1.165, 1.54) is 0 Å². The van der Waals surface area contributed by atoms with E-state index in [4.69, 9.17) is 25.8 Å². The summed E-state index contributed by atoms with van der Waals surface area (Å²) in [7, 11) is 0. The van der Waals surface area contributed by atoms with Crippen LogP contribution in [-0.2, 0) is 4.74 Å². The standard InChI is InChI=1S/C6H13NO5/c7-1-2-3(8)4(9)5(10)6(11)12-2/h2-6,8-11H,1,7H2/t2-,3+,4+,5+,6+/m0/s1. The van der Waals surface area contributed by atoms with E-state index in [1.807, 2.05) is 0 Å². The summed E-state index contributed by atoms with van der Waals surface area (Å²) in [5, 5.41) is 36.3. The number of aliphatic hydroxyl groups excluding tert-OH is 4. The third kappa shape index (κ3) is 1.58. The maximum Gasteiger partial charge on any atom is 0.184 e. The van der Waals surface area contributed by atoms with Crippen LogP contribution >= 0.6 is 0 Å². The van der Waals surface area contributed by atoms with Gasteiger partial charge in [-0.25, -0.2) is 0 Å². The van der Waals surface area contributed by atoms with Gasteiger partial charge >= 0.3 is 0 Å². The normalized spacial score (nSPS) is 49.2. The minimum absolute atomic E-state index is 0.0258. The van der Waals surface area contributed by atoms with Gasteiger partial charge in [0, 0.05) is 6.54 Å². The van der Waals surface area contributed by atoms with E-state index in [2.05, 4.69) is 0 Å². The lowest BCUT2D eigenvalue weighted by Gasteiger charge is -2.37. The van der Waals surface area contributed by atoms with E-state index in [0.29, 0.717) is 0 Å². The maximum atomic E-state index is 9.20. The second kappa shape index (κ2) is 3.65. The Bertz CT molecular complexity index is 150. The van der Waals surface area contributed by atoms with Crippen molar-refractivity contribution in [3.8, 4) is 0 Å². The molecule has 1 saturated heterocycles. The number of ether oxygens (including phenoxy) is 1. The summed E-state index contributed by atoms with van der Waals surface area (Å²) in [4.78, 5) is 0. The summed E-state index contributed by atoms with van der Waals surface area (Å²) in [5.41, 5.74) is 5.17. The monoisotopic (exact) mass is 179 g/mol. The van der Waals surface area contributed by atoms with Crippen LogP contribution in [0.25, 0.3) is 0 Å². The Morgan fingerprint density at radius 1 is 1.00 bits per heavy atom. The van der Waals surface area contributed by atoms with E-state index in [9.17, 15) is 5.11 Å². The van der Waals surface area contributed by atoms with Gasteiger partial charge in [-0.15, -0.1) is 0 Å². The van der Waals surface area contributed by atoms with E-state index in [0.717, 1.165) is 0 Å². The van der Waals surface area contributed by atoms with Crippen molar-refractivity contribution in [1.29, 1.82) is 0 Å². The highest BCUT2D eigenvalue weighted by molar-refractivity contribution is 4.88. The average Bonchev–Trinajstić information content (AvgIpc) is 2.08. The van der Waals surface area contributed by atoms with Crippen LogP contribution in [0.15, 0.2) is 0 Å². The third-order valence-electron chi connectivity index (χ3n) is 1.92. The van der Waals surface area contributed by atoms with Gasteiger partial charge in [-0.2, -0.15) is 0 Å². The Hall–Kier alpha value is -0.240. The van der Waals surface area contributed by atoms with Crippen LogP contribution in [0.2, 0.25) is 0 Å². The van der Waals surface area contributed by atoms with Crippen LogP contribution in [0.1, 0.15) is 0 Å². The predicted molar refractivity (Wildman–Crippen MR) is 38.0 cm³/mol. The van der Waals surface area contributed by atoms with E-state index in [-0.39, 0.29) is 6.54 Å². The van der Waals surface area contributed by atoms with Gasteiger partial charge in [-0.05, 0) is 0 Å². The molecule has 1 heterocycles. The highest BCUT2D eigenvalue weighted by atomic mass is 16.6. The van der Waals surface area contributed by atoms with Gasteiger partial charge in [0.15, 0.2) is 6.29 Å². The molecular weight excluding hydrogens is 166 g/mol. The molecule has 0 aromatic rings. The first-order valence-corrected chi connectivity index (χ1v) is 3.65. The first-order chi connectivity index (χ1) is 5.57. The van der Waals surface area contributed by atoms with Crippen LogP contribution in [-0.4, -0.2) is 57.7 Å². The molecule has 1 rings (SSSR count). The molecule has 0 saturated carbocycles. The molecule has 6 heteroatoms. The molecule has 0 radical (unpaired) electrons. The highest BCUT2D eigenvalue weighted by Crippen LogP contribution is 2.18. The number of hydrogen-bond acceptors (Lipinski definition) is 6. The molecule has 1 fully saturated rings. The summed E-state index contributed by atoms with van der Waals surface area (Å²) < 4.78 is 4.70. The molecule has 0 aliphatic carbocycles. The summed E-state index contributed by atoms with van der Waals surface area (Å²) in [6.45, 7) is -0.0258. The molecule has 0 bridgehead atoms. The van der Waals surface area contributed by atoms with Crippen LogP contribution in [0.4, 0.5) is 0 Å². The lowest BCUT2D eigenvalue weighted by atomic mass is 9.99. The highest BCUT2D eigenvalue weighted by Gasteiger charge is 2.42. The van der Waals surface area contributed by atoms with Crippen molar-refractivity contribution < 1.29 is 25.2 Å². The van der Waals surface area contributed by atoms with E-state index < -0.39 is 30.7 Å². The topological polar surface area (TPSA) is 116 Å². The van der Waals surface area contributed by atoms with Gasteiger partial charge in [0.25, 0.3) is 0 Å². The van der Waals surface area contributed by atoms with Gasteiger partial charge in [-0.3, -0.25) is 0 Å². The lowest BCUT2D eigenvalue weighted by Crippen LogP contribution is -2.59. The van der Waals surface area contributed by atoms with Crippen molar-refractivity contribution in [3.05, 3.63) is 0 Å². The Labute approximate surface area is 69.2 Å². The Kier molecular flexibility index (Phi) is 2.99. The molecule has 0 aromatic carbocycles. The Morgan fingerprint density at radius 3 is 2.08 bits per heavy atom. The number of hydrogen-bond donors (Lipinski definition) is 5. The summed E-state index contributed by atoms with van der Waals surface area (Å²) in [6, 6.07) is 0. The van der Waals surface area contributed by atoms with Crippen molar-refractivity contribution in [2.45, 2.75) is 30.7 Å². The molecule has 72 valence electrons. The first kappa shape index (κ1) is 9.85. The second-order valence-electron chi connectivity index (χ2n) is 2.77. The van der Waals surface area contributed by atoms with E-state index >= 15 is 0 Å². The molecule has 0 aromatic heterocycles. The largest absolute Gasteiger partial charge is 0.388 e. The van der Waals surface area contributed by atoms with Gasteiger partial charge in [-0.1, -0.05) is 0 Å². The zero-order chi connectivity index (χ0) is 9.30. The molecule has 0 amide bonds. The van der Waals surface area contributed by atoms with Gasteiger partial charge in [0.1, 0.15) is 24.4 Å². The summed E-state index contributed by atoms with van der Waals surface area (Å²) in [6.07, 6.45) is -6.48. The molecule has 6 N–H and O–H groups in total. The quantitative estimate of drug-likeness (QED) is 0.288. The fourth-order valence-corrected chi connectivity index (χ4v) is 1.13. The van der Waals surface area contributed by atoms with Crippen molar-refractivity contribution in [2.24, 2.45) is 5.73 Å². The lowest BCUT2D eigenvalue weighted by molar-refractivity contribution is -0.279. The van der Waals surface area contributed by atoms with Gasteiger partial charge < -0.3 is 30.9 Å². The van der Waals surface area contributed by atoms with Crippen LogP contribution in [0.3, 0.4) is 0 Å². The third-order valence-corrected chi connectivity index (χ3v) is 1.92. The van der Waals surface area contributed by atoms with Gasteiger partial charge in [0.2, 0.25) is 0 Å². The molecule has 1 aliphatic heterocycles. The molecule has 5 atom stereocenters. The summed E-state index contributed by atoms with van der Waals surface area (Å²) >= 11 is 0. The fraction of sp³-hybridized carbons (Fsp3) is 1.00. The average molecular weight is 179 g/mol. The summed E-state index contributed by atoms with van der Waals surface area (Å²) in [5.74, 6) is 0. The maximum absolute atomic E-state index is 9.20. The van der Waals surface area contributed by atoms with E-state index in [1.54, 1.807) is 0 Å². The van der Waals surface area contributed by atoms with Gasteiger partial charge in [0.05, 0.1) is 0 Å². The van der Waals surface area contributed by atoms with Crippen molar-refractivity contribution in [1.82, 2.24) is 0 Å². The van der Waals surface area contributed by atoms with Crippen LogP contribution in [0.5, 0.6) is 0 Å². The first-order valence-electron chi connectivity index (χ1n) is 3.65. The SMILES string of the molecule is NC[C@@H]1O[C@@H](O)[C@H](O)[C@H](O)[C@@H]1O. The zero-order valence-electron chi connectivity index (χ0n) is 6.37. The molecular formula is C6H13NO5. The smallest absolute Gasteiger partial charge is 0.184 e. The van der Waals surface area contributed by atoms with Crippen molar-refractivity contribution >= 4 is 0 Å². The Morgan fingerprint density at radius 2 is 1.58 bits per heavy atom. The number of aliphatic hydroxyl groups is 4. The minimum Gasteiger partial charge on any atom is -0.388 e. The van der Waals surface area contributed by atoms with Crippen molar-refractivity contribution in [2.75, 3.05) is 6.54 Å². The zero-order valence-corrected chi connectivity index (χ0v) is 6.37. The van der Waals surface area contributed by atoms with Crippen molar-refractivity contribution in [3.63, 3.8) is 0 Å². The Balaban J connectivity index is 2.63. The molecule has 0 unspecified atom stereocenters. The number of nitrogens with two attached hydrogens (primary N) is 1. The minimum atomic E-state index is -1.49. The fourth-order valence-electron chi connectivity index (χ4n) is 1.13. The molecule has 6 nitrogen and oxygen atoms in total. The molecule has 0 spiro atoms. The number of rotatable bonds is 1. The predicted octanol–water partition coefficient (Wildman–Crippen LogP) is -3.25. The second-order valence-corrected chi connectivity index (χ2v) is 2.77. The molecule has 12 heavy (non-hydrogen) atoms. The molecule has 1 aliphatic rings. The van der Waals surface area contributed by atoms with Crippen LogP contribution in [0, 0.1) is 0 Å². The van der Waals surface area contributed by atoms with Crippen LogP contribution < -0.4 is 5.73 Å².